The van der Waals surface area contributed by atoms with Crippen molar-refractivity contribution in [1.29, 1.82) is 0 Å². The number of benzene rings is 2. The molecule has 0 saturated heterocycles. The average Bonchev–Trinajstić information content (AvgIpc) is 2.39. The summed E-state index contributed by atoms with van der Waals surface area (Å²) in [5.41, 5.74) is 3.34. The van der Waals surface area contributed by atoms with Gasteiger partial charge in [-0.25, -0.2) is 4.39 Å². The first-order valence-electron chi connectivity index (χ1n) is 5.78. The fourth-order valence-corrected chi connectivity index (χ4v) is 1.73. The molecule has 0 bridgehead atoms. The lowest BCUT2D eigenvalue weighted by molar-refractivity contribution is 0.628. The molecule has 0 aliphatic heterocycles. The van der Waals surface area contributed by atoms with Gasteiger partial charge in [0.25, 0.3) is 0 Å². The van der Waals surface area contributed by atoms with Crippen molar-refractivity contribution in [2.45, 2.75) is 6.92 Å². The molecule has 0 heterocycles. The summed E-state index contributed by atoms with van der Waals surface area (Å²) < 4.78 is 12.8. The van der Waals surface area contributed by atoms with Crippen molar-refractivity contribution in [3.05, 3.63) is 54.3 Å². The molecule has 17 heavy (non-hydrogen) atoms. The van der Waals surface area contributed by atoms with Gasteiger partial charge in [0, 0.05) is 19.3 Å². The fourth-order valence-electron chi connectivity index (χ4n) is 1.73. The molecule has 0 aliphatic rings. The number of halogens is 1. The predicted octanol–water partition coefficient (Wildman–Crippen LogP) is 3.95. The highest BCUT2D eigenvalue weighted by Gasteiger charge is 2.00. The van der Waals surface area contributed by atoms with Crippen LogP contribution in [-0.2, 0) is 0 Å². The van der Waals surface area contributed by atoms with E-state index in [4.69, 9.17) is 0 Å². The SMILES string of the molecule is CCN(C)c1ccc(-c2ccc(F)cc2)cc1. The van der Waals surface area contributed by atoms with Crippen LogP contribution in [0.1, 0.15) is 6.92 Å². The number of hydrogen-bond acceptors (Lipinski definition) is 1. The summed E-state index contributed by atoms with van der Waals surface area (Å²) in [5.74, 6) is -0.198. The van der Waals surface area contributed by atoms with Gasteiger partial charge in [0.1, 0.15) is 5.82 Å². The fraction of sp³-hybridized carbons (Fsp3) is 0.200. The van der Waals surface area contributed by atoms with Gasteiger partial charge in [0.2, 0.25) is 0 Å². The third kappa shape index (κ3) is 2.64. The van der Waals surface area contributed by atoms with Gasteiger partial charge < -0.3 is 4.90 Å². The van der Waals surface area contributed by atoms with Gasteiger partial charge in [-0.3, -0.25) is 0 Å². The quantitative estimate of drug-likeness (QED) is 0.770. The zero-order valence-corrected chi connectivity index (χ0v) is 10.2. The van der Waals surface area contributed by atoms with Crippen molar-refractivity contribution >= 4 is 5.69 Å². The highest BCUT2D eigenvalue weighted by Crippen LogP contribution is 2.22. The molecule has 0 radical (unpaired) electrons. The van der Waals surface area contributed by atoms with Crippen LogP contribution < -0.4 is 4.90 Å². The largest absolute Gasteiger partial charge is 0.375 e. The van der Waals surface area contributed by atoms with Crippen molar-refractivity contribution in [2.75, 3.05) is 18.5 Å². The molecule has 0 fully saturated rings. The second-order valence-corrected chi connectivity index (χ2v) is 4.07. The van der Waals surface area contributed by atoms with Crippen LogP contribution in [0.5, 0.6) is 0 Å². The molecule has 2 heteroatoms. The van der Waals surface area contributed by atoms with E-state index in [-0.39, 0.29) is 5.82 Å². The number of anilines is 1. The first-order valence-corrected chi connectivity index (χ1v) is 5.78. The molecule has 0 aliphatic carbocycles. The van der Waals surface area contributed by atoms with Crippen molar-refractivity contribution in [3.8, 4) is 11.1 Å². The average molecular weight is 229 g/mol. The van der Waals surface area contributed by atoms with E-state index in [1.54, 1.807) is 12.1 Å². The van der Waals surface area contributed by atoms with Crippen LogP contribution in [0.25, 0.3) is 11.1 Å². The smallest absolute Gasteiger partial charge is 0.123 e. The van der Waals surface area contributed by atoms with Crippen molar-refractivity contribution in [2.24, 2.45) is 0 Å². The Kier molecular flexibility index (Phi) is 3.43. The minimum Gasteiger partial charge on any atom is -0.375 e. The Bertz CT molecular complexity index is 473. The van der Waals surface area contributed by atoms with E-state index in [0.29, 0.717) is 0 Å². The van der Waals surface area contributed by atoms with Crippen LogP contribution >= 0.6 is 0 Å². The number of rotatable bonds is 3. The monoisotopic (exact) mass is 229 g/mol. The molecule has 1 nitrogen and oxygen atoms in total. The Labute approximate surface area is 102 Å². The van der Waals surface area contributed by atoms with Gasteiger partial charge in [-0.1, -0.05) is 24.3 Å². The molecule has 2 rings (SSSR count). The van der Waals surface area contributed by atoms with E-state index < -0.39 is 0 Å². The van der Waals surface area contributed by atoms with Gasteiger partial charge in [-0.05, 0) is 42.3 Å². The second-order valence-electron chi connectivity index (χ2n) is 4.07. The lowest BCUT2D eigenvalue weighted by atomic mass is 10.1. The second kappa shape index (κ2) is 5.00. The molecule has 0 saturated carbocycles. The van der Waals surface area contributed by atoms with Crippen molar-refractivity contribution in [1.82, 2.24) is 0 Å². The topological polar surface area (TPSA) is 3.24 Å². The number of hydrogen-bond donors (Lipinski definition) is 0. The standard InChI is InChI=1S/C15H16FN/c1-3-17(2)15-10-6-13(7-11-15)12-4-8-14(16)9-5-12/h4-11H,3H2,1-2H3. The third-order valence-corrected chi connectivity index (χ3v) is 2.96. The Balaban J connectivity index is 2.26. The summed E-state index contributed by atoms with van der Waals surface area (Å²) in [5, 5.41) is 0. The van der Waals surface area contributed by atoms with Gasteiger partial charge >= 0.3 is 0 Å². The molecular weight excluding hydrogens is 213 g/mol. The van der Waals surface area contributed by atoms with Crippen LogP contribution in [0.4, 0.5) is 10.1 Å². The van der Waals surface area contributed by atoms with Gasteiger partial charge in [-0.15, -0.1) is 0 Å². The molecule has 88 valence electrons. The summed E-state index contributed by atoms with van der Waals surface area (Å²) in [7, 11) is 2.06. The maximum Gasteiger partial charge on any atom is 0.123 e. The third-order valence-electron chi connectivity index (χ3n) is 2.96. The van der Waals surface area contributed by atoms with Crippen LogP contribution in [0.3, 0.4) is 0 Å². The first-order chi connectivity index (χ1) is 8.20. The van der Waals surface area contributed by atoms with E-state index in [2.05, 4.69) is 43.1 Å². The summed E-state index contributed by atoms with van der Waals surface area (Å²) in [6, 6.07) is 14.9. The molecule has 0 unspecified atom stereocenters. The maximum atomic E-state index is 12.8. The van der Waals surface area contributed by atoms with Crippen LogP contribution in [-0.4, -0.2) is 13.6 Å². The molecule has 0 N–H and O–H groups in total. The Morgan fingerprint density at radius 1 is 0.882 bits per heavy atom. The highest BCUT2D eigenvalue weighted by molar-refractivity contribution is 5.66. The summed E-state index contributed by atoms with van der Waals surface area (Å²) in [6.45, 7) is 3.10. The molecule has 0 atom stereocenters. The van der Waals surface area contributed by atoms with Crippen molar-refractivity contribution < 1.29 is 4.39 Å². The van der Waals surface area contributed by atoms with E-state index in [1.165, 1.54) is 17.8 Å². The highest BCUT2D eigenvalue weighted by atomic mass is 19.1. The molecule has 2 aromatic carbocycles. The van der Waals surface area contributed by atoms with Gasteiger partial charge in [0.05, 0.1) is 0 Å². The minimum absolute atomic E-state index is 0.198. The molecular formula is C15H16FN. The minimum atomic E-state index is -0.198. The van der Waals surface area contributed by atoms with E-state index in [9.17, 15) is 4.39 Å². The molecule has 0 spiro atoms. The first kappa shape index (κ1) is 11.6. The van der Waals surface area contributed by atoms with Gasteiger partial charge in [0.15, 0.2) is 0 Å². The number of nitrogens with zero attached hydrogens (tertiary/aromatic N) is 1. The maximum absolute atomic E-state index is 12.8. The summed E-state index contributed by atoms with van der Waals surface area (Å²) in [4.78, 5) is 2.18. The molecule has 0 amide bonds. The van der Waals surface area contributed by atoms with Crippen LogP contribution in [0.15, 0.2) is 48.5 Å². The van der Waals surface area contributed by atoms with E-state index >= 15 is 0 Å². The predicted molar refractivity (Wildman–Crippen MR) is 70.8 cm³/mol. The Morgan fingerprint density at radius 3 is 1.82 bits per heavy atom. The van der Waals surface area contributed by atoms with E-state index in [0.717, 1.165) is 17.7 Å². The van der Waals surface area contributed by atoms with Crippen LogP contribution in [0, 0.1) is 5.82 Å². The van der Waals surface area contributed by atoms with Crippen LogP contribution in [0.2, 0.25) is 0 Å². The summed E-state index contributed by atoms with van der Waals surface area (Å²) in [6.07, 6.45) is 0. The lowest BCUT2D eigenvalue weighted by Gasteiger charge is -2.16. The lowest BCUT2D eigenvalue weighted by Crippen LogP contribution is -2.15. The van der Waals surface area contributed by atoms with Crippen molar-refractivity contribution in [3.63, 3.8) is 0 Å². The molecule has 2 aromatic rings. The molecule has 0 aromatic heterocycles. The van der Waals surface area contributed by atoms with Gasteiger partial charge in [-0.2, -0.15) is 0 Å². The van der Waals surface area contributed by atoms with E-state index in [1.807, 2.05) is 0 Å². The summed E-state index contributed by atoms with van der Waals surface area (Å²) >= 11 is 0. The Morgan fingerprint density at radius 2 is 1.35 bits per heavy atom. The Hall–Kier alpha value is -1.83. The zero-order chi connectivity index (χ0) is 12.3. The normalized spacial score (nSPS) is 10.3. The zero-order valence-electron chi connectivity index (χ0n) is 10.2.